The van der Waals surface area contributed by atoms with Gasteiger partial charge in [-0.3, -0.25) is 14.9 Å². The molecule has 110 valence electrons. The first kappa shape index (κ1) is 15.9. The van der Waals surface area contributed by atoms with Crippen LogP contribution >= 0.6 is 0 Å². The van der Waals surface area contributed by atoms with Crippen molar-refractivity contribution in [3.63, 3.8) is 0 Å². The molecular weight excluding hydrogens is 258 g/mol. The number of aryl methyl sites for hydroxylation is 1. The largest absolute Gasteiger partial charge is 0.368 e. The van der Waals surface area contributed by atoms with E-state index in [2.05, 4.69) is 5.32 Å². The van der Waals surface area contributed by atoms with Gasteiger partial charge >= 0.3 is 0 Å². The van der Waals surface area contributed by atoms with Crippen LogP contribution in [0.4, 0.5) is 11.4 Å². The highest BCUT2D eigenvalue weighted by Gasteiger charge is 2.22. The van der Waals surface area contributed by atoms with Gasteiger partial charge in [0.1, 0.15) is 11.7 Å². The maximum absolute atomic E-state index is 12.2. The first-order valence-electron chi connectivity index (χ1n) is 6.71. The molecule has 1 N–H and O–H groups in total. The number of nitro groups is 1. The predicted octanol–water partition coefficient (Wildman–Crippen LogP) is 2.57. The van der Waals surface area contributed by atoms with Gasteiger partial charge < -0.3 is 10.2 Å². The first-order valence-corrected chi connectivity index (χ1v) is 6.71. The van der Waals surface area contributed by atoms with Crippen molar-refractivity contribution in [1.29, 1.82) is 0 Å². The average molecular weight is 279 g/mol. The van der Waals surface area contributed by atoms with Crippen molar-refractivity contribution in [3.05, 3.63) is 33.9 Å². The van der Waals surface area contributed by atoms with E-state index >= 15 is 0 Å². The molecule has 1 rings (SSSR count). The lowest BCUT2D eigenvalue weighted by molar-refractivity contribution is -0.384. The van der Waals surface area contributed by atoms with E-state index in [-0.39, 0.29) is 11.6 Å². The number of carbonyl (C=O) groups is 1. The second kappa shape index (κ2) is 6.88. The maximum Gasteiger partial charge on any atom is 0.292 e. The van der Waals surface area contributed by atoms with Gasteiger partial charge in [-0.25, -0.2) is 0 Å². The molecule has 0 radical (unpaired) electrons. The summed E-state index contributed by atoms with van der Waals surface area (Å²) in [6.07, 6.45) is 0. The molecule has 1 unspecified atom stereocenters. The van der Waals surface area contributed by atoms with Gasteiger partial charge in [0.05, 0.1) is 4.92 Å². The molecule has 0 saturated heterocycles. The summed E-state index contributed by atoms with van der Waals surface area (Å²) in [6, 6.07) is 4.35. The van der Waals surface area contributed by atoms with E-state index in [4.69, 9.17) is 0 Å². The average Bonchev–Trinajstić information content (AvgIpc) is 2.41. The summed E-state index contributed by atoms with van der Waals surface area (Å²) in [4.78, 5) is 24.5. The van der Waals surface area contributed by atoms with Crippen LogP contribution in [0.15, 0.2) is 18.2 Å². The zero-order chi connectivity index (χ0) is 15.3. The van der Waals surface area contributed by atoms with Crippen LogP contribution in [-0.4, -0.2) is 34.9 Å². The van der Waals surface area contributed by atoms with Gasteiger partial charge in [0.15, 0.2) is 0 Å². The van der Waals surface area contributed by atoms with Gasteiger partial charge in [-0.05, 0) is 33.3 Å². The lowest BCUT2D eigenvalue weighted by Gasteiger charge is -2.24. The second-order valence-electron chi connectivity index (χ2n) is 4.60. The molecule has 1 aromatic rings. The zero-order valence-electron chi connectivity index (χ0n) is 12.3. The number of nitrogens with one attached hydrogen (secondary N) is 1. The Hall–Kier alpha value is -2.11. The second-order valence-corrected chi connectivity index (χ2v) is 4.60. The summed E-state index contributed by atoms with van der Waals surface area (Å²) in [7, 11) is 0. The van der Waals surface area contributed by atoms with E-state index in [1.165, 1.54) is 6.07 Å². The van der Waals surface area contributed by atoms with Crippen molar-refractivity contribution < 1.29 is 9.72 Å². The Kier molecular flexibility index (Phi) is 5.49. The first-order chi connectivity index (χ1) is 9.42. The Labute approximate surface area is 118 Å². The molecule has 1 amide bonds. The fourth-order valence-corrected chi connectivity index (χ4v) is 2.08. The van der Waals surface area contributed by atoms with E-state index in [0.29, 0.717) is 18.8 Å². The Bertz CT molecular complexity index is 498. The monoisotopic (exact) mass is 279 g/mol. The summed E-state index contributed by atoms with van der Waals surface area (Å²) >= 11 is 0. The van der Waals surface area contributed by atoms with Crippen molar-refractivity contribution in [2.24, 2.45) is 0 Å². The fourth-order valence-electron chi connectivity index (χ4n) is 2.08. The summed E-state index contributed by atoms with van der Waals surface area (Å²) in [5.41, 5.74) is 1.15. The molecule has 6 heteroatoms. The fraction of sp³-hybridized carbons (Fsp3) is 0.500. The van der Waals surface area contributed by atoms with Crippen LogP contribution in [-0.2, 0) is 4.79 Å². The Balaban J connectivity index is 2.98. The molecule has 20 heavy (non-hydrogen) atoms. The smallest absolute Gasteiger partial charge is 0.292 e. The van der Waals surface area contributed by atoms with Crippen LogP contribution in [0, 0.1) is 17.0 Å². The quantitative estimate of drug-likeness (QED) is 0.641. The third-order valence-electron chi connectivity index (χ3n) is 3.25. The molecule has 0 fully saturated rings. The van der Waals surface area contributed by atoms with Gasteiger partial charge in [0, 0.05) is 19.2 Å². The number of likely N-dealkylation sites (N-methyl/N-ethyl adjacent to an activating group) is 1. The number of nitrogens with zero attached hydrogens (tertiary/aromatic N) is 2. The van der Waals surface area contributed by atoms with Gasteiger partial charge in [-0.15, -0.1) is 0 Å². The van der Waals surface area contributed by atoms with Crippen LogP contribution < -0.4 is 5.32 Å². The van der Waals surface area contributed by atoms with E-state index in [1.54, 1.807) is 30.9 Å². The van der Waals surface area contributed by atoms with Gasteiger partial charge in [-0.1, -0.05) is 12.1 Å². The highest BCUT2D eigenvalue weighted by molar-refractivity contribution is 5.85. The molecular formula is C14H21N3O3. The van der Waals surface area contributed by atoms with Gasteiger partial charge in [-0.2, -0.15) is 0 Å². The number of para-hydroxylation sites is 1. The minimum Gasteiger partial charge on any atom is -0.368 e. The lowest BCUT2D eigenvalue weighted by atomic mass is 10.1. The molecule has 0 spiro atoms. The van der Waals surface area contributed by atoms with Crippen LogP contribution in [0.5, 0.6) is 0 Å². The molecule has 1 aromatic carbocycles. The van der Waals surface area contributed by atoms with Crippen LogP contribution in [0.1, 0.15) is 26.3 Å². The van der Waals surface area contributed by atoms with Crippen LogP contribution in [0.3, 0.4) is 0 Å². The molecule has 0 aromatic heterocycles. The Morgan fingerprint density at radius 2 is 2.00 bits per heavy atom. The molecule has 0 bridgehead atoms. The van der Waals surface area contributed by atoms with Gasteiger partial charge in [0.2, 0.25) is 5.91 Å². The zero-order valence-corrected chi connectivity index (χ0v) is 12.3. The number of carbonyl (C=O) groups excluding carboxylic acids is 1. The SMILES string of the molecule is CCN(CC)C(=O)C(C)Nc1c(C)cccc1[N+](=O)[O-]. The van der Waals surface area contributed by atoms with Crippen LogP contribution in [0.2, 0.25) is 0 Å². The predicted molar refractivity (Wildman–Crippen MR) is 78.8 cm³/mol. The van der Waals surface area contributed by atoms with Crippen molar-refractivity contribution in [3.8, 4) is 0 Å². The summed E-state index contributed by atoms with van der Waals surface area (Å²) in [6.45, 7) is 8.56. The van der Waals surface area contributed by atoms with E-state index in [1.807, 2.05) is 13.8 Å². The normalized spacial score (nSPS) is 11.8. The van der Waals surface area contributed by atoms with Crippen molar-refractivity contribution >= 4 is 17.3 Å². The molecule has 0 aliphatic heterocycles. The van der Waals surface area contributed by atoms with Gasteiger partial charge in [0.25, 0.3) is 5.69 Å². The number of hydrogen-bond acceptors (Lipinski definition) is 4. The Morgan fingerprint density at radius 1 is 1.40 bits per heavy atom. The number of anilines is 1. The molecule has 6 nitrogen and oxygen atoms in total. The van der Waals surface area contributed by atoms with E-state index < -0.39 is 11.0 Å². The number of amides is 1. The third-order valence-corrected chi connectivity index (χ3v) is 3.25. The topological polar surface area (TPSA) is 75.5 Å². The van der Waals surface area contributed by atoms with Crippen molar-refractivity contribution in [2.45, 2.75) is 33.7 Å². The number of hydrogen-bond donors (Lipinski definition) is 1. The summed E-state index contributed by atoms with van der Waals surface area (Å²) in [5.74, 6) is -0.0625. The standard InChI is InChI=1S/C14H21N3O3/c1-5-16(6-2)14(18)11(4)15-13-10(3)8-7-9-12(13)17(19)20/h7-9,11,15H,5-6H2,1-4H3. The minimum absolute atomic E-state index is 0.0100. The minimum atomic E-state index is -0.505. The third kappa shape index (κ3) is 3.46. The number of nitro benzene ring substituents is 1. The van der Waals surface area contributed by atoms with E-state index in [9.17, 15) is 14.9 Å². The lowest BCUT2D eigenvalue weighted by Crippen LogP contribution is -2.41. The molecule has 0 saturated carbocycles. The highest BCUT2D eigenvalue weighted by Crippen LogP contribution is 2.28. The molecule has 0 heterocycles. The van der Waals surface area contributed by atoms with Crippen molar-refractivity contribution in [2.75, 3.05) is 18.4 Å². The van der Waals surface area contributed by atoms with Crippen LogP contribution in [0.25, 0.3) is 0 Å². The van der Waals surface area contributed by atoms with Crippen molar-refractivity contribution in [1.82, 2.24) is 4.90 Å². The maximum atomic E-state index is 12.2. The molecule has 1 atom stereocenters. The Morgan fingerprint density at radius 3 is 2.50 bits per heavy atom. The molecule has 0 aliphatic rings. The summed E-state index contributed by atoms with van der Waals surface area (Å²) < 4.78 is 0. The van der Waals surface area contributed by atoms with E-state index in [0.717, 1.165) is 5.56 Å². The highest BCUT2D eigenvalue weighted by atomic mass is 16.6. The molecule has 0 aliphatic carbocycles. The number of benzene rings is 1. The summed E-state index contributed by atoms with van der Waals surface area (Å²) in [5, 5.41) is 14.0. The number of rotatable bonds is 6.